The molecule has 58 heavy (non-hydrogen) atoms. The molecule has 5 aliphatic carbocycles. The van der Waals surface area contributed by atoms with Gasteiger partial charge in [-0.25, -0.2) is 0 Å². The highest BCUT2D eigenvalue weighted by atomic mass is 16.7. The highest BCUT2D eigenvalue weighted by molar-refractivity contribution is 5.76. The maximum atomic E-state index is 13.1. The van der Waals surface area contributed by atoms with Gasteiger partial charge in [-0.05, 0) is 109 Å². The number of aliphatic hydroxyl groups is 6. The molecule has 14 nitrogen and oxygen atoms in total. The lowest BCUT2D eigenvalue weighted by atomic mass is 9.33. The van der Waals surface area contributed by atoms with Gasteiger partial charge < -0.3 is 60.0 Å². The third-order valence-electron chi connectivity index (χ3n) is 17.7. The molecule has 4 saturated carbocycles. The number of hydrogen-bond donors (Lipinski definition) is 8. The van der Waals surface area contributed by atoms with Crippen molar-refractivity contribution in [1.82, 2.24) is 5.32 Å². The van der Waals surface area contributed by atoms with Crippen molar-refractivity contribution in [2.24, 2.45) is 50.2 Å². The van der Waals surface area contributed by atoms with Gasteiger partial charge in [-0.3, -0.25) is 9.59 Å². The summed E-state index contributed by atoms with van der Waals surface area (Å²) in [6.45, 7) is 16.5. The van der Waals surface area contributed by atoms with Crippen molar-refractivity contribution in [2.75, 3.05) is 13.2 Å². The number of nitrogens with one attached hydrogen (secondary N) is 1. The summed E-state index contributed by atoms with van der Waals surface area (Å²) in [4.78, 5) is 25.6. The minimum Gasteiger partial charge on any atom is -0.481 e. The Labute approximate surface area is 343 Å². The number of allylic oxidation sites excluding steroid dienone is 2. The van der Waals surface area contributed by atoms with Gasteiger partial charge in [0.1, 0.15) is 48.8 Å². The van der Waals surface area contributed by atoms with Crippen LogP contribution in [0.3, 0.4) is 0 Å². The highest BCUT2D eigenvalue weighted by Crippen LogP contribution is 2.76. The second-order valence-corrected chi connectivity index (χ2v) is 21.4. The lowest BCUT2D eigenvalue weighted by molar-refractivity contribution is -0.355. The number of amides is 1. The second-order valence-electron chi connectivity index (χ2n) is 21.4. The van der Waals surface area contributed by atoms with E-state index in [4.69, 9.17) is 18.9 Å². The molecule has 0 aromatic heterocycles. The maximum Gasteiger partial charge on any atom is 0.310 e. The van der Waals surface area contributed by atoms with E-state index in [-0.39, 0.29) is 45.0 Å². The first-order valence-electron chi connectivity index (χ1n) is 21.8. The number of fused-ring (bicyclic) bond motifs is 7. The number of hydrogen-bond acceptors (Lipinski definition) is 12. The summed E-state index contributed by atoms with van der Waals surface area (Å²) in [5.41, 5.74) is 0.267. The third kappa shape index (κ3) is 6.73. The number of aliphatic carboxylic acids is 1. The molecule has 0 bridgehead atoms. The van der Waals surface area contributed by atoms with Gasteiger partial charge in [-0.15, -0.1) is 0 Å². The molecule has 7 rings (SSSR count). The van der Waals surface area contributed by atoms with Crippen LogP contribution in [-0.2, 0) is 28.5 Å². The lowest BCUT2D eigenvalue weighted by Crippen LogP contribution is -2.69. The molecule has 6 fully saturated rings. The summed E-state index contributed by atoms with van der Waals surface area (Å²) < 4.78 is 24.6. The summed E-state index contributed by atoms with van der Waals surface area (Å²) in [5, 5.41) is 76.7. The summed E-state index contributed by atoms with van der Waals surface area (Å²) in [5.74, 6) is -0.411. The minimum absolute atomic E-state index is 0.0181. The fraction of sp³-hybridized carbons (Fsp3) is 0.909. The van der Waals surface area contributed by atoms with Crippen molar-refractivity contribution in [3.8, 4) is 0 Å². The standard InChI is InChI=1S/C44H71NO13/c1-22(48)45-30-32(50)35(58-37-34(52)33(51)31(49)25(20-46)55-37)26(21-47)56-36(30)57-29-12-13-41(6)27(40(29,4)5)11-14-43(8)28(41)10-9-23-24-19-39(2,3)15-17-44(24,38(53)54)18-16-42(23,43)7/h9,24-37,46-47,49-52H,10-21H2,1-8H3,(H,45,48)(H,53,54). The zero-order valence-electron chi connectivity index (χ0n) is 35.7. The molecule has 2 saturated heterocycles. The Morgan fingerprint density at radius 2 is 1.43 bits per heavy atom. The van der Waals surface area contributed by atoms with Crippen LogP contribution in [-0.4, -0.2) is 128 Å². The van der Waals surface area contributed by atoms with Crippen LogP contribution < -0.4 is 5.32 Å². The van der Waals surface area contributed by atoms with Crippen LogP contribution >= 0.6 is 0 Å². The Balaban J connectivity index is 1.12. The Morgan fingerprint density at radius 3 is 2.07 bits per heavy atom. The van der Waals surface area contributed by atoms with Crippen molar-refractivity contribution in [1.29, 1.82) is 0 Å². The number of aliphatic hydroxyl groups excluding tert-OH is 6. The Bertz CT molecular complexity index is 1600. The number of carboxylic acids is 1. The van der Waals surface area contributed by atoms with E-state index in [0.29, 0.717) is 18.8 Å². The molecule has 0 aromatic rings. The monoisotopic (exact) mass is 821 g/mol. The number of rotatable bonds is 8. The van der Waals surface area contributed by atoms with E-state index in [1.54, 1.807) is 0 Å². The highest BCUT2D eigenvalue weighted by Gasteiger charge is 2.69. The van der Waals surface area contributed by atoms with Gasteiger partial charge in [-0.1, -0.05) is 60.1 Å². The molecule has 18 unspecified atom stereocenters. The fourth-order valence-corrected chi connectivity index (χ4v) is 14.1. The topological polar surface area (TPSA) is 225 Å². The largest absolute Gasteiger partial charge is 0.481 e. The number of carboxylic acid groups (broad SMARTS) is 1. The van der Waals surface area contributed by atoms with E-state index in [1.165, 1.54) is 12.5 Å². The number of ether oxygens (including phenoxy) is 4. The molecule has 8 N–H and O–H groups in total. The Hall–Kier alpha value is -1.72. The smallest absolute Gasteiger partial charge is 0.310 e. The van der Waals surface area contributed by atoms with Crippen molar-refractivity contribution < 1.29 is 64.3 Å². The molecule has 0 radical (unpaired) electrons. The van der Waals surface area contributed by atoms with E-state index >= 15 is 0 Å². The number of carbonyl (C=O) groups excluding carboxylic acids is 1. The zero-order chi connectivity index (χ0) is 42.5. The summed E-state index contributed by atoms with van der Waals surface area (Å²) >= 11 is 0. The average Bonchev–Trinajstić information content (AvgIpc) is 3.14. The van der Waals surface area contributed by atoms with Gasteiger partial charge in [0.2, 0.25) is 5.91 Å². The van der Waals surface area contributed by atoms with Gasteiger partial charge in [0.05, 0.1) is 24.7 Å². The predicted molar refractivity (Wildman–Crippen MR) is 210 cm³/mol. The van der Waals surface area contributed by atoms with Crippen LogP contribution in [0.1, 0.15) is 120 Å². The fourth-order valence-electron chi connectivity index (χ4n) is 14.1. The van der Waals surface area contributed by atoms with E-state index in [0.717, 1.165) is 51.4 Å². The van der Waals surface area contributed by atoms with Gasteiger partial charge in [0.15, 0.2) is 12.6 Å². The molecule has 330 valence electrons. The van der Waals surface area contributed by atoms with Crippen LogP contribution in [0.15, 0.2) is 11.6 Å². The molecule has 0 aromatic carbocycles. The summed E-state index contributed by atoms with van der Waals surface area (Å²) in [6, 6.07) is -1.15. The normalized spacial score (nSPS) is 50.9. The molecular weight excluding hydrogens is 750 g/mol. The molecule has 1 amide bonds. The molecule has 14 heteroatoms. The average molecular weight is 822 g/mol. The van der Waals surface area contributed by atoms with E-state index in [9.17, 15) is 45.3 Å². The maximum absolute atomic E-state index is 13.1. The van der Waals surface area contributed by atoms with Crippen LogP contribution in [0, 0.1) is 50.2 Å². The first-order valence-corrected chi connectivity index (χ1v) is 21.8. The molecule has 2 aliphatic heterocycles. The zero-order valence-corrected chi connectivity index (χ0v) is 35.7. The van der Waals surface area contributed by atoms with Crippen molar-refractivity contribution >= 4 is 11.9 Å². The van der Waals surface area contributed by atoms with E-state index < -0.39 is 91.9 Å². The van der Waals surface area contributed by atoms with Gasteiger partial charge >= 0.3 is 5.97 Å². The predicted octanol–water partition coefficient (Wildman–Crippen LogP) is 3.03. The minimum atomic E-state index is -1.75. The Morgan fingerprint density at radius 1 is 0.776 bits per heavy atom. The first-order chi connectivity index (χ1) is 27.0. The van der Waals surface area contributed by atoms with Crippen LogP contribution in [0.5, 0.6) is 0 Å². The van der Waals surface area contributed by atoms with Crippen LogP contribution in [0.25, 0.3) is 0 Å². The van der Waals surface area contributed by atoms with Crippen molar-refractivity contribution in [3.63, 3.8) is 0 Å². The van der Waals surface area contributed by atoms with Crippen molar-refractivity contribution in [2.45, 2.75) is 187 Å². The molecule has 7 aliphatic rings. The summed E-state index contributed by atoms with van der Waals surface area (Å²) in [7, 11) is 0. The molecular formula is C44H71NO13. The second kappa shape index (κ2) is 15.3. The lowest BCUT2D eigenvalue weighted by Gasteiger charge is -2.71. The van der Waals surface area contributed by atoms with Gasteiger partial charge in [0.25, 0.3) is 0 Å². The number of carbonyl (C=O) groups is 2. The Kier molecular flexibility index (Phi) is 11.7. The first kappa shape index (κ1) is 44.3. The SMILES string of the molecule is CC(=O)NC1C(OC2CCC3(C)C(CCC4(C)C3CC=C3C5CC(C)(C)CCC5(C(=O)O)CCC34C)C2(C)C)OC(CO)C(OC2OC(CO)C(O)C(O)C2O)C1O. The van der Waals surface area contributed by atoms with Gasteiger partial charge in [0, 0.05) is 6.92 Å². The van der Waals surface area contributed by atoms with E-state index in [2.05, 4.69) is 59.9 Å². The molecule has 0 spiro atoms. The quantitative estimate of drug-likeness (QED) is 0.130. The van der Waals surface area contributed by atoms with Crippen LogP contribution in [0.2, 0.25) is 0 Å². The molecule has 18 atom stereocenters. The van der Waals surface area contributed by atoms with E-state index in [1.807, 2.05) is 0 Å². The summed E-state index contributed by atoms with van der Waals surface area (Å²) in [6.07, 6.45) is -2.44. The molecule has 2 heterocycles. The third-order valence-corrected chi connectivity index (χ3v) is 17.7. The van der Waals surface area contributed by atoms with Crippen LogP contribution in [0.4, 0.5) is 0 Å². The van der Waals surface area contributed by atoms with Crippen molar-refractivity contribution in [3.05, 3.63) is 11.6 Å². The van der Waals surface area contributed by atoms with Gasteiger partial charge in [-0.2, -0.15) is 0 Å².